The number of hydrogen-bond donors (Lipinski definition) is 1. The Kier molecular flexibility index (Phi) is 6.55. The van der Waals surface area contributed by atoms with Crippen LogP contribution in [0.25, 0.3) is 0 Å². The van der Waals surface area contributed by atoms with Crippen LogP contribution >= 0.6 is 39.1 Å². The number of carbonyl (C=O) groups is 1. The van der Waals surface area contributed by atoms with Crippen molar-refractivity contribution in [3.63, 3.8) is 0 Å². The van der Waals surface area contributed by atoms with Gasteiger partial charge in [-0.15, -0.1) is 0 Å². The Morgan fingerprint density at radius 1 is 1.09 bits per heavy atom. The standard InChI is InChI=1S/C16H14BrCl2NO2/c17-11-3-5-15(6-4-11)22-7-1-2-16(21)20-14-9-12(18)8-13(19)10-14/h3-6,8-10H,1-2,7H2,(H,20,21). The van der Waals surface area contributed by atoms with Gasteiger partial charge in [0.15, 0.2) is 0 Å². The predicted molar refractivity (Wildman–Crippen MR) is 94.0 cm³/mol. The molecule has 0 aliphatic rings. The van der Waals surface area contributed by atoms with E-state index in [1.54, 1.807) is 18.2 Å². The van der Waals surface area contributed by atoms with E-state index in [1.807, 2.05) is 24.3 Å². The van der Waals surface area contributed by atoms with Gasteiger partial charge in [-0.25, -0.2) is 0 Å². The van der Waals surface area contributed by atoms with Crippen molar-refractivity contribution in [2.45, 2.75) is 12.8 Å². The van der Waals surface area contributed by atoms with E-state index < -0.39 is 0 Å². The molecule has 1 N–H and O–H groups in total. The van der Waals surface area contributed by atoms with Crippen molar-refractivity contribution in [3.8, 4) is 5.75 Å². The molecule has 0 aliphatic carbocycles. The maximum absolute atomic E-state index is 11.8. The molecule has 0 heterocycles. The van der Waals surface area contributed by atoms with Crippen LogP contribution < -0.4 is 10.1 Å². The molecule has 2 aromatic carbocycles. The fourth-order valence-electron chi connectivity index (χ4n) is 1.80. The first-order valence-electron chi connectivity index (χ1n) is 6.67. The van der Waals surface area contributed by atoms with E-state index in [9.17, 15) is 4.79 Å². The van der Waals surface area contributed by atoms with E-state index >= 15 is 0 Å². The van der Waals surface area contributed by atoms with Crippen molar-refractivity contribution in [1.29, 1.82) is 0 Å². The SMILES string of the molecule is O=C(CCCOc1ccc(Br)cc1)Nc1cc(Cl)cc(Cl)c1. The Balaban J connectivity index is 1.72. The average Bonchev–Trinajstić information content (AvgIpc) is 2.44. The summed E-state index contributed by atoms with van der Waals surface area (Å²) >= 11 is 15.1. The van der Waals surface area contributed by atoms with Crippen LogP contribution in [0.2, 0.25) is 10.0 Å². The van der Waals surface area contributed by atoms with Gasteiger partial charge in [-0.05, 0) is 48.9 Å². The summed E-state index contributed by atoms with van der Waals surface area (Å²) in [6.45, 7) is 0.478. The average molecular weight is 403 g/mol. The molecule has 6 heteroatoms. The zero-order valence-electron chi connectivity index (χ0n) is 11.6. The van der Waals surface area contributed by atoms with Gasteiger partial charge in [0.05, 0.1) is 6.61 Å². The Morgan fingerprint density at radius 3 is 2.36 bits per heavy atom. The molecule has 22 heavy (non-hydrogen) atoms. The topological polar surface area (TPSA) is 38.3 Å². The molecule has 2 aromatic rings. The summed E-state index contributed by atoms with van der Waals surface area (Å²) in [7, 11) is 0. The van der Waals surface area contributed by atoms with Crippen LogP contribution in [-0.4, -0.2) is 12.5 Å². The van der Waals surface area contributed by atoms with Gasteiger partial charge >= 0.3 is 0 Å². The third-order valence-electron chi connectivity index (χ3n) is 2.78. The lowest BCUT2D eigenvalue weighted by Gasteiger charge is -2.08. The highest BCUT2D eigenvalue weighted by Gasteiger charge is 2.04. The summed E-state index contributed by atoms with van der Waals surface area (Å²) in [5.74, 6) is 0.683. The molecule has 2 rings (SSSR count). The molecule has 0 radical (unpaired) electrons. The number of anilines is 1. The summed E-state index contributed by atoms with van der Waals surface area (Å²) < 4.78 is 6.56. The number of ether oxygens (including phenoxy) is 1. The molecule has 0 aliphatic heterocycles. The molecule has 0 unspecified atom stereocenters. The molecular formula is C16H14BrCl2NO2. The lowest BCUT2D eigenvalue weighted by Crippen LogP contribution is -2.12. The molecule has 0 spiro atoms. The number of halogens is 3. The predicted octanol–water partition coefficient (Wildman–Crippen LogP) is 5.55. The van der Waals surface area contributed by atoms with Gasteiger partial charge in [-0.1, -0.05) is 39.1 Å². The van der Waals surface area contributed by atoms with Crippen molar-refractivity contribution in [1.82, 2.24) is 0 Å². The largest absolute Gasteiger partial charge is 0.494 e. The minimum absolute atomic E-state index is 0.0993. The first-order valence-corrected chi connectivity index (χ1v) is 8.22. The first-order chi connectivity index (χ1) is 10.5. The Bertz CT molecular complexity index is 627. The van der Waals surface area contributed by atoms with Gasteiger partial charge in [0, 0.05) is 26.6 Å². The summed E-state index contributed by atoms with van der Waals surface area (Å²) in [5.41, 5.74) is 0.594. The van der Waals surface area contributed by atoms with Crippen LogP contribution in [0.4, 0.5) is 5.69 Å². The highest BCUT2D eigenvalue weighted by atomic mass is 79.9. The zero-order valence-corrected chi connectivity index (χ0v) is 14.7. The summed E-state index contributed by atoms with van der Waals surface area (Å²) in [5, 5.41) is 3.73. The lowest BCUT2D eigenvalue weighted by molar-refractivity contribution is -0.116. The van der Waals surface area contributed by atoms with Crippen LogP contribution in [0.3, 0.4) is 0 Å². The van der Waals surface area contributed by atoms with Crippen molar-refractivity contribution in [2.75, 3.05) is 11.9 Å². The second kappa shape index (κ2) is 8.42. The fraction of sp³-hybridized carbons (Fsp3) is 0.188. The van der Waals surface area contributed by atoms with E-state index in [-0.39, 0.29) is 5.91 Å². The molecule has 0 saturated heterocycles. The van der Waals surface area contributed by atoms with Crippen molar-refractivity contribution < 1.29 is 9.53 Å². The third kappa shape index (κ3) is 5.87. The number of hydrogen-bond acceptors (Lipinski definition) is 2. The van der Waals surface area contributed by atoms with E-state index in [1.165, 1.54) is 0 Å². The lowest BCUT2D eigenvalue weighted by atomic mass is 10.2. The molecule has 0 atom stereocenters. The summed E-state index contributed by atoms with van der Waals surface area (Å²) in [6, 6.07) is 12.5. The highest BCUT2D eigenvalue weighted by Crippen LogP contribution is 2.22. The highest BCUT2D eigenvalue weighted by molar-refractivity contribution is 9.10. The van der Waals surface area contributed by atoms with E-state index in [0.717, 1.165) is 10.2 Å². The molecular weight excluding hydrogens is 389 g/mol. The Labute approximate surface area is 147 Å². The van der Waals surface area contributed by atoms with Gasteiger partial charge < -0.3 is 10.1 Å². The van der Waals surface area contributed by atoms with Gasteiger partial charge in [0.1, 0.15) is 5.75 Å². The van der Waals surface area contributed by atoms with Crippen LogP contribution in [0.1, 0.15) is 12.8 Å². The normalized spacial score (nSPS) is 10.3. The molecule has 0 saturated carbocycles. The van der Waals surface area contributed by atoms with Gasteiger partial charge in [-0.3, -0.25) is 4.79 Å². The van der Waals surface area contributed by atoms with Gasteiger partial charge in [0.25, 0.3) is 0 Å². The minimum Gasteiger partial charge on any atom is -0.494 e. The van der Waals surface area contributed by atoms with Crippen molar-refractivity contribution >= 4 is 50.7 Å². The number of rotatable bonds is 6. The first kappa shape index (κ1) is 17.1. The van der Waals surface area contributed by atoms with Crippen molar-refractivity contribution in [3.05, 3.63) is 57.0 Å². The van der Waals surface area contributed by atoms with E-state index in [4.69, 9.17) is 27.9 Å². The third-order valence-corrected chi connectivity index (χ3v) is 3.74. The summed E-state index contributed by atoms with van der Waals surface area (Å²) in [6.07, 6.45) is 0.983. The molecule has 116 valence electrons. The minimum atomic E-state index is -0.0993. The van der Waals surface area contributed by atoms with Crippen molar-refractivity contribution in [2.24, 2.45) is 0 Å². The second-order valence-electron chi connectivity index (χ2n) is 4.61. The van der Waals surface area contributed by atoms with Gasteiger partial charge in [0.2, 0.25) is 5.91 Å². The summed E-state index contributed by atoms with van der Waals surface area (Å²) in [4.78, 5) is 11.8. The van der Waals surface area contributed by atoms with E-state index in [2.05, 4.69) is 21.2 Å². The zero-order chi connectivity index (χ0) is 15.9. The number of benzene rings is 2. The molecule has 0 bridgehead atoms. The van der Waals surface area contributed by atoms with Gasteiger partial charge in [-0.2, -0.15) is 0 Å². The smallest absolute Gasteiger partial charge is 0.224 e. The second-order valence-corrected chi connectivity index (χ2v) is 6.40. The van der Waals surface area contributed by atoms with Crippen LogP contribution in [0.15, 0.2) is 46.9 Å². The number of amides is 1. The Hall–Kier alpha value is -1.23. The maximum Gasteiger partial charge on any atom is 0.224 e. The monoisotopic (exact) mass is 401 g/mol. The quantitative estimate of drug-likeness (QED) is 0.643. The molecule has 0 fully saturated rings. The number of nitrogens with one attached hydrogen (secondary N) is 1. The molecule has 3 nitrogen and oxygen atoms in total. The van der Waals surface area contributed by atoms with Crippen LogP contribution in [0, 0.1) is 0 Å². The fourth-order valence-corrected chi connectivity index (χ4v) is 2.59. The van der Waals surface area contributed by atoms with Crippen LogP contribution in [0.5, 0.6) is 5.75 Å². The van der Waals surface area contributed by atoms with Crippen LogP contribution in [-0.2, 0) is 4.79 Å². The van der Waals surface area contributed by atoms with E-state index in [0.29, 0.717) is 35.2 Å². The maximum atomic E-state index is 11.8. The Morgan fingerprint density at radius 2 is 1.73 bits per heavy atom. The molecule has 0 aromatic heterocycles. The number of carbonyl (C=O) groups excluding carboxylic acids is 1. The molecule has 1 amide bonds.